The van der Waals surface area contributed by atoms with Crippen molar-refractivity contribution >= 4 is 33.2 Å². The SMILES string of the molecule is Cc1c(N)cc(S(=O)(=O)NC(C)CC(N)=O)cc1Cl. The van der Waals surface area contributed by atoms with Gasteiger partial charge in [0.25, 0.3) is 0 Å². The Bertz CT molecular complexity index is 578. The van der Waals surface area contributed by atoms with Crippen molar-refractivity contribution in [2.75, 3.05) is 5.73 Å². The van der Waals surface area contributed by atoms with Crippen molar-refractivity contribution in [3.63, 3.8) is 0 Å². The van der Waals surface area contributed by atoms with E-state index < -0.39 is 22.0 Å². The van der Waals surface area contributed by atoms with Gasteiger partial charge in [-0.05, 0) is 31.5 Å². The lowest BCUT2D eigenvalue weighted by molar-refractivity contribution is -0.118. The molecule has 1 unspecified atom stereocenters. The van der Waals surface area contributed by atoms with Gasteiger partial charge in [-0.25, -0.2) is 13.1 Å². The Balaban J connectivity index is 3.04. The van der Waals surface area contributed by atoms with Crippen LogP contribution in [0.15, 0.2) is 17.0 Å². The van der Waals surface area contributed by atoms with Gasteiger partial charge < -0.3 is 11.5 Å². The van der Waals surface area contributed by atoms with E-state index in [1.54, 1.807) is 13.8 Å². The molecule has 8 heteroatoms. The topological polar surface area (TPSA) is 115 Å². The van der Waals surface area contributed by atoms with Crippen molar-refractivity contribution < 1.29 is 13.2 Å². The van der Waals surface area contributed by atoms with E-state index in [-0.39, 0.29) is 22.0 Å². The molecular formula is C11H16ClN3O3S. The molecule has 106 valence electrons. The number of carbonyl (C=O) groups excluding carboxylic acids is 1. The molecule has 0 aromatic heterocycles. The molecule has 0 saturated heterocycles. The molecule has 0 spiro atoms. The van der Waals surface area contributed by atoms with E-state index >= 15 is 0 Å². The summed E-state index contributed by atoms with van der Waals surface area (Å²) >= 11 is 5.90. The number of sulfonamides is 1. The second-order valence-electron chi connectivity index (χ2n) is 4.31. The number of benzene rings is 1. The van der Waals surface area contributed by atoms with Gasteiger partial charge in [0, 0.05) is 23.2 Å². The monoisotopic (exact) mass is 305 g/mol. The van der Waals surface area contributed by atoms with E-state index in [2.05, 4.69) is 4.72 Å². The first-order valence-corrected chi connectivity index (χ1v) is 7.36. The average Bonchev–Trinajstić information content (AvgIpc) is 2.22. The van der Waals surface area contributed by atoms with Crippen molar-refractivity contribution in [3.8, 4) is 0 Å². The molecule has 0 aliphatic rings. The fourth-order valence-electron chi connectivity index (χ4n) is 1.51. The molecule has 0 bridgehead atoms. The summed E-state index contributed by atoms with van der Waals surface area (Å²) in [4.78, 5) is 10.7. The number of rotatable bonds is 5. The molecular weight excluding hydrogens is 290 g/mol. The second-order valence-corrected chi connectivity index (χ2v) is 6.43. The number of anilines is 1. The van der Waals surface area contributed by atoms with Gasteiger partial charge in [0.2, 0.25) is 15.9 Å². The van der Waals surface area contributed by atoms with Crippen LogP contribution in [0, 0.1) is 6.92 Å². The third kappa shape index (κ3) is 4.09. The Hall–Kier alpha value is -1.31. The van der Waals surface area contributed by atoms with Gasteiger partial charge in [-0.2, -0.15) is 0 Å². The second kappa shape index (κ2) is 5.77. The van der Waals surface area contributed by atoms with Crippen molar-refractivity contribution in [3.05, 3.63) is 22.7 Å². The Morgan fingerprint density at radius 1 is 1.47 bits per heavy atom. The fourth-order valence-corrected chi connectivity index (χ4v) is 3.10. The summed E-state index contributed by atoms with van der Waals surface area (Å²) < 4.78 is 26.5. The van der Waals surface area contributed by atoms with Crippen LogP contribution < -0.4 is 16.2 Å². The Morgan fingerprint density at radius 2 is 2.05 bits per heavy atom. The largest absolute Gasteiger partial charge is 0.398 e. The molecule has 5 N–H and O–H groups in total. The molecule has 0 fully saturated rings. The zero-order valence-electron chi connectivity index (χ0n) is 10.6. The molecule has 0 aliphatic carbocycles. The van der Waals surface area contributed by atoms with Crippen LogP contribution in [0.3, 0.4) is 0 Å². The maximum absolute atomic E-state index is 12.1. The van der Waals surface area contributed by atoms with Gasteiger partial charge in [-0.15, -0.1) is 0 Å². The van der Waals surface area contributed by atoms with Gasteiger partial charge >= 0.3 is 0 Å². The van der Waals surface area contributed by atoms with E-state index in [0.29, 0.717) is 5.56 Å². The molecule has 0 radical (unpaired) electrons. The van der Waals surface area contributed by atoms with Crippen LogP contribution in [0.25, 0.3) is 0 Å². The summed E-state index contributed by atoms with van der Waals surface area (Å²) in [6, 6.07) is 2.02. The number of carbonyl (C=O) groups is 1. The predicted octanol–water partition coefficient (Wildman–Crippen LogP) is 0.773. The highest BCUT2D eigenvalue weighted by molar-refractivity contribution is 7.89. The molecule has 1 rings (SSSR count). The van der Waals surface area contributed by atoms with Crippen LogP contribution in [0.5, 0.6) is 0 Å². The van der Waals surface area contributed by atoms with Crippen LogP contribution in [0.4, 0.5) is 5.69 Å². The number of nitrogens with one attached hydrogen (secondary N) is 1. The Kier molecular flexibility index (Phi) is 4.78. The highest BCUT2D eigenvalue weighted by Crippen LogP contribution is 2.26. The van der Waals surface area contributed by atoms with E-state index in [9.17, 15) is 13.2 Å². The number of amides is 1. The lowest BCUT2D eigenvalue weighted by Gasteiger charge is -2.14. The predicted molar refractivity (Wildman–Crippen MR) is 74.2 cm³/mol. The van der Waals surface area contributed by atoms with Crippen LogP contribution in [-0.4, -0.2) is 20.4 Å². The standard InChI is InChI=1S/C11H16ClN3O3S/c1-6(3-11(14)16)15-19(17,18)8-4-9(12)7(2)10(13)5-8/h4-6,15H,3,13H2,1-2H3,(H2,14,16). The summed E-state index contributed by atoms with van der Waals surface area (Å²) in [7, 11) is -3.79. The summed E-state index contributed by atoms with van der Waals surface area (Å²) in [5.74, 6) is -0.586. The van der Waals surface area contributed by atoms with Gasteiger partial charge in [0.05, 0.1) is 4.90 Å². The minimum atomic E-state index is -3.79. The Labute approximate surface area is 117 Å². The molecule has 1 aromatic rings. The number of hydrogen-bond acceptors (Lipinski definition) is 4. The minimum Gasteiger partial charge on any atom is -0.398 e. The number of hydrogen-bond donors (Lipinski definition) is 3. The van der Waals surface area contributed by atoms with E-state index in [4.69, 9.17) is 23.1 Å². The summed E-state index contributed by atoms with van der Waals surface area (Å²) in [5.41, 5.74) is 11.6. The fraction of sp³-hybridized carbons (Fsp3) is 0.364. The van der Waals surface area contributed by atoms with Crippen LogP contribution in [0.2, 0.25) is 5.02 Å². The molecule has 1 amide bonds. The quantitative estimate of drug-likeness (QED) is 0.697. The van der Waals surface area contributed by atoms with E-state index in [1.807, 2.05) is 0 Å². The van der Waals surface area contributed by atoms with Gasteiger partial charge in [-0.1, -0.05) is 11.6 Å². The van der Waals surface area contributed by atoms with Gasteiger partial charge in [0.1, 0.15) is 0 Å². The first-order chi connectivity index (χ1) is 8.63. The maximum Gasteiger partial charge on any atom is 0.240 e. The Morgan fingerprint density at radius 3 is 2.53 bits per heavy atom. The molecule has 1 aromatic carbocycles. The minimum absolute atomic E-state index is 0.0445. The van der Waals surface area contributed by atoms with Crippen LogP contribution in [0.1, 0.15) is 18.9 Å². The molecule has 0 heterocycles. The lowest BCUT2D eigenvalue weighted by Crippen LogP contribution is -2.35. The highest BCUT2D eigenvalue weighted by Gasteiger charge is 2.20. The van der Waals surface area contributed by atoms with Crippen molar-refractivity contribution in [2.24, 2.45) is 5.73 Å². The van der Waals surface area contributed by atoms with Crippen LogP contribution >= 0.6 is 11.6 Å². The number of nitrogen functional groups attached to an aromatic ring is 1. The van der Waals surface area contributed by atoms with Crippen molar-refractivity contribution in [1.82, 2.24) is 4.72 Å². The van der Waals surface area contributed by atoms with E-state index in [0.717, 1.165) is 0 Å². The first kappa shape index (κ1) is 15.7. The highest BCUT2D eigenvalue weighted by atomic mass is 35.5. The summed E-state index contributed by atoms with van der Waals surface area (Å²) in [6.45, 7) is 3.23. The normalized spacial score (nSPS) is 13.2. The van der Waals surface area contributed by atoms with E-state index in [1.165, 1.54) is 12.1 Å². The lowest BCUT2D eigenvalue weighted by atomic mass is 10.2. The first-order valence-electron chi connectivity index (χ1n) is 5.49. The molecule has 6 nitrogen and oxygen atoms in total. The number of halogens is 1. The van der Waals surface area contributed by atoms with Gasteiger partial charge in [-0.3, -0.25) is 4.79 Å². The van der Waals surface area contributed by atoms with Crippen molar-refractivity contribution in [2.45, 2.75) is 31.2 Å². The number of nitrogens with two attached hydrogens (primary N) is 2. The number of primary amides is 1. The molecule has 19 heavy (non-hydrogen) atoms. The third-order valence-electron chi connectivity index (χ3n) is 2.53. The zero-order valence-corrected chi connectivity index (χ0v) is 12.2. The maximum atomic E-state index is 12.1. The summed E-state index contributed by atoms with van der Waals surface area (Å²) in [6.07, 6.45) is -0.0890. The average molecular weight is 306 g/mol. The molecule has 1 atom stereocenters. The summed E-state index contributed by atoms with van der Waals surface area (Å²) in [5, 5.41) is 0.267. The zero-order chi connectivity index (χ0) is 14.8. The molecule has 0 aliphatic heterocycles. The molecule has 0 saturated carbocycles. The van der Waals surface area contributed by atoms with Gasteiger partial charge in [0.15, 0.2) is 0 Å². The smallest absolute Gasteiger partial charge is 0.240 e. The van der Waals surface area contributed by atoms with Crippen molar-refractivity contribution in [1.29, 1.82) is 0 Å². The van der Waals surface area contributed by atoms with Crippen LogP contribution in [-0.2, 0) is 14.8 Å². The third-order valence-corrected chi connectivity index (χ3v) is 4.49.